The fraction of sp³-hybridized carbons (Fsp3) is 0.133. The summed E-state index contributed by atoms with van der Waals surface area (Å²) in [5.74, 6) is -1.08. The summed E-state index contributed by atoms with van der Waals surface area (Å²) in [7, 11) is 0. The Labute approximate surface area is 125 Å². The van der Waals surface area contributed by atoms with Gasteiger partial charge in [-0.2, -0.15) is 0 Å². The minimum atomic E-state index is -0.818. The van der Waals surface area contributed by atoms with Crippen LogP contribution in [0.25, 0.3) is 0 Å². The van der Waals surface area contributed by atoms with Gasteiger partial charge >= 0.3 is 0 Å². The molecule has 2 aromatic carbocycles. The van der Waals surface area contributed by atoms with Crippen molar-refractivity contribution in [2.45, 2.75) is 5.75 Å². The molecule has 0 aliphatic rings. The molecule has 2 aromatic rings. The van der Waals surface area contributed by atoms with Crippen LogP contribution >= 0.6 is 23.4 Å². The molecule has 104 valence electrons. The molecule has 0 aliphatic heterocycles. The molecule has 0 radical (unpaired) electrons. The number of carbonyl (C=O) groups is 1. The number of Topliss-reactive ketones (excluding diaryl/α,β-unsaturated/α-hetero) is 1. The maximum absolute atomic E-state index is 13.4. The second-order valence-electron chi connectivity index (χ2n) is 4.17. The third-order valence-electron chi connectivity index (χ3n) is 2.65. The first kappa shape index (κ1) is 15.0. The van der Waals surface area contributed by atoms with E-state index in [0.29, 0.717) is 10.8 Å². The van der Waals surface area contributed by atoms with Crippen molar-refractivity contribution in [1.29, 1.82) is 0 Å². The zero-order chi connectivity index (χ0) is 14.5. The van der Waals surface area contributed by atoms with Crippen LogP contribution in [0.2, 0.25) is 5.02 Å². The molecule has 5 heteroatoms. The number of hydrogen-bond acceptors (Lipinski definition) is 2. The average molecular weight is 313 g/mol. The second kappa shape index (κ2) is 6.86. The number of halogens is 3. The van der Waals surface area contributed by atoms with Gasteiger partial charge in [-0.15, -0.1) is 11.8 Å². The molecule has 20 heavy (non-hydrogen) atoms. The zero-order valence-corrected chi connectivity index (χ0v) is 12.0. The summed E-state index contributed by atoms with van der Waals surface area (Å²) < 4.78 is 26.2. The largest absolute Gasteiger partial charge is 0.293 e. The van der Waals surface area contributed by atoms with Gasteiger partial charge in [-0.1, -0.05) is 23.7 Å². The molecular formula is C15H11ClF2OS. The first-order chi connectivity index (χ1) is 9.56. The van der Waals surface area contributed by atoms with E-state index in [1.54, 1.807) is 12.1 Å². The van der Waals surface area contributed by atoms with Crippen molar-refractivity contribution < 1.29 is 13.6 Å². The van der Waals surface area contributed by atoms with Crippen molar-refractivity contribution in [3.05, 3.63) is 70.2 Å². The van der Waals surface area contributed by atoms with E-state index in [2.05, 4.69) is 0 Å². The van der Waals surface area contributed by atoms with Crippen molar-refractivity contribution in [3.63, 3.8) is 0 Å². The Morgan fingerprint density at radius 2 is 1.80 bits per heavy atom. The van der Waals surface area contributed by atoms with Crippen molar-refractivity contribution in [3.8, 4) is 0 Å². The molecule has 0 unspecified atom stereocenters. The molecule has 0 N–H and O–H groups in total. The quantitative estimate of drug-likeness (QED) is 0.742. The van der Waals surface area contributed by atoms with E-state index in [1.807, 2.05) is 12.1 Å². The van der Waals surface area contributed by atoms with Gasteiger partial charge in [0, 0.05) is 16.8 Å². The standard InChI is InChI=1S/C15H11ClF2OS/c16-11-3-1-10(2-4-11)8-20-9-15(19)13-6-5-12(17)7-14(13)18/h1-7H,8-9H2. The number of thioether (sulfide) groups is 1. The normalized spacial score (nSPS) is 10.6. The molecular weight excluding hydrogens is 302 g/mol. The highest BCUT2D eigenvalue weighted by molar-refractivity contribution is 7.99. The maximum Gasteiger partial charge on any atom is 0.175 e. The van der Waals surface area contributed by atoms with Crippen LogP contribution in [0, 0.1) is 11.6 Å². The lowest BCUT2D eigenvalue weighted by atomic mass is 10.1. The van der Waals surface area contributed by atoms with E-state index >= 15 is 0 Å². The highest BCUT2D eigenvalue weighted by atomic mass is 35.5. The van der Waals surface area contributed by atoms with Crippen molar-refractivity contribution in [1.82, 2.24) is 0 Å². The molecule has 0 atom stereocenters. The summed E-state index contributed by atoms with van der Waals surface area (Å²) >= 11 is 7.15. The average Bonchev–Trinajstić information content (AvgIpc) is 2.41. The maximum atomic E-state index is 13.4. The first-order valence-corrected chi connectivity index (χ1v) is 7.40. The minimum Gasteiger partial charge on any atom is -0.293 e. The lowest BCUT2D eigenvalue weighted by Gasteiger charge is -2.04. The van der Waals surface area contributed by atoms with Crippen molar-refractivity contribution >= 4 is 29.1 Å². The molecule has 0 aliphatic carbocycles. The van der Waals surface area contributed by atoms with E-state index in [0.717, 1.165) is 17.7 Å². The fourth-order valence-electron chi connectivity index (χ4n) is 1.64. The van der Waals surface area contributed by atoms with Gasteiger partial charge in [0.25, 0.3) is 0 Å². The van der Waals surface area contributed by atoms with Gasteiger partial charge in [-0.25, -0.2) is 8.78 Å². The molecule has 0 spiro atoms. The summed E-state index contributed by atoms with van der Waals surface area (Å²) in [5.41, 5.74) is 0.960. The van der Waals surface area contributed by atoms with Crippen LogP contribution in [0.5, 0.6) is 0 Å². The predicted octanol–water partition coefficient (Wildman–Crippen LogP) is 4.73. The van der Waals surface area contributed by atoms with Gasteiger partial charge in [-0.3, -0.25) is 4.79 Å². The molecule has 0 bridgehead atoms. The monoisotopic (exact) mass is 312 g/mol. The summed E-state index contributed by atoms with van der Waals surface area (Å²) in [4.78, 5) is 11.8. The third kappa shape index (κ3) is 4.05. The smallest absolute Gasteiger partial charge is 0.175 e. The van der Waals surface area contributed by atoms with Gasteiger partial charge in [0.05, 0.1) is 11.3 Å². The number of benzene rings is 2. The van der Waals surface area contributed by atoms with Crippen molar-refractivity contribution in [2.24, 2.45) is 0 Å². The summed E-state index contributed by atoms with van der Waals surface area (Å²) in [6, 6.07) is 10.3. The van der Waals surface area contributed by atoms with Crippen LogP contribution in [-0.4, -0.2) is 11.5 Å². The Kier molecular flexibility index (Phi) is 5.15. The van der Waals surface area contributed by atoms with Crippen LogP contribution in [0.1, 0.15) is 15.9 Å². The van der Waals surface area contributed by atoms with E-state index in [4.69, 9.17) is 11.6 Å². The van der Waals surface area contributed by atoms with Gasteiger partial charge in [0.15, 0.2) is 5.78 Å². The zero-order valence-electron chi connectivity index (χ0n) is 10.4. The lowest BCUT2D eigenvalue weighted by Crippen LogP contribution is -2.06. The van der Waals surface area contributed by atoms with Crippen LogP contribution in [-0.2, 0) is 5.75 Å². The van der Waals surface area contributed by atoms with E-state index in [-0.39, 0.29) is 17.1 Å². The van der Waals surface area contributed by atoms with Crippen LogP contribution in [0.15, 0.2) is 42.5 Å². The third-order valence-corrected chi connectivity index (χ3v) is 3.90. The molecule has 0 saturated carbocycles. The van der Waals surface area contributed by atoms with Gasteiger partial charge in [-0.05, 0) is 29.8 Å². The van der Waals surface area contributed by atoms with E-state index < -0.39 is 11.6 Å². The summed E-state index contributed by atoms with van der Waals surface area (Å²) in [6.45, 7) is 0. The number of carbonyl (C=O) groups excluding carboxylic acids is 1. The van der Waals surface area contributed by atoms with Gasteiger partial charge in [0.1, 0.15) is 11.6 Å². The van der Waals surface area contributed by atoms with Crippen LogP contribution < -0.4 is 0 Å². The Hall–Kier alpha value is -1.39. The summed E-state index contributed by atoms with van der Waals surface area (Å²) in [6.07, 6.45) is 0. The second-order valence-corrected chi connectivity index (χ2v) is 5.59. The number of hydrogen-bond donors (Lipinski definition) is 0. The molecule has 0 saturated heterocycles. The Bertz CT molecular complexity index is 614. The molecule has 0 heterocycles. The molecule has 0 fully saturated rings. The molecule has 0 aromatic heterocycles. The lowest BCUT2D eigenvalue weighted by molar-refractivity contribution is 0.101. The SMILES string of the molecule is O=C(CSCc1ccc(Cl)cc1)c1ccc(F)cc1F. The van der Waals surface area contributed by atoms with Crippen LogP contribution in [0.4, 0.5) is 8.78 Å². The summed E-state index contributed by atoms with van der Waals surface area (Å²) in [5, 5.41) is 0.656. The van der Waals surface area contributed by atoms with E-state index in [1.165, 1.54) is 17.8 Å². The number of ketones is 1. The molecule has 1 nitrogen and oxygen atoms in total. The highest BCUT2D eigenvalue weighted by Gasteiger charge is 2.12. The minimum absolute atomic E-state index is 0.0741. The number of rotatable bonds is 5. The topological polar surface area (TPSA) is 17.1 Å². The Morgan fingerprint density at radius 3 is 2.45 bits per heavy atom. The Morgan fingerprint density at radius 1 is 1.10 bits per heavy atom. The van der Waals surface area contributed by atoms with Crippen LogP contribution in [0.3, 0.4) is 0 Å². The molecule has 0 amide bonds. The highest BCUT2D eigenvalue weighted by Crippen LogP contribution is 2.18. The van der Waals surface area contributed by atoms with Crippen molar-refractivity contribution in [2.75, 3.05) is 5.75 Å². The van der Waals surface area contributed by atoms with E-state index in [9.17, 15) is 13.6 Å². The molecule has 2 rings (SSSR count). The Balaban J connectivity index is 1.90. The van der Waals surface area contributed by atoms with Gasteiger partial charge < -0.3 is 0 Å². The van der Waals surface area contributed by atoms with Gasteiger partial charge in [0.2, 0.25) is 0 Å². The first-order valence-electron chi connectivity index (χ1n) is 5.86. The predicted molar refractivity (Wildman–Crippen MR) is 78.3 cm³/mol. The fourth-order valence-corrected chi connectivity index (χ4v) is 2.63.